The van der Waals surface area contributed by atoms with Crippen molar-refractivity contribution in [3.63, 3.8) is 0 Å². The number of hydrogen-bond acceptors (Lipinski definition) is 1. The molecule has 0 fully saturated rings. The Labute approximate surface area is 164 Å². The van der Waals surface area contributed by atoms with E-state index in [-0.39, 0.29) is 40.8 Å². The van der Waals surface area contributed by atoms with E-state index >= 15 is 0 Å². The maximum Gasteiger partial charge on any atom is 0.328 e. The van der Waals surface area contributed by atoms with Crippen molar-refractivity contribution in [2.75, 3.05) is 0 Å². The summed E-state index contributed by atoms with van der Waals surface area (Å²) in [5.74, 6) is 0. The van der Waals surface area contributed by atoms with Crippen LogP contribution in [-0.2, 0) is 4.57 Å². The van der Waals surface area contributed by atoms with Crippen LogP contribution in [-0.4, -0.2) is 15.4 Å². The van der Waals surface area contributed by atoms with E-state index in [1.165, 1.54) is 44.9 Å². The Hall–Kier alpha value is 1.50. The van der Waals surface area contributed by atoms with E-state index in [2.05, 4.69) is 13.8 Å². The molecule has 0 spiro atoms. The number of unbranched alkanes of at least 4 members (excludes halogenated alkanes) is 9. The predicted octanol–water partition coefficient (Wildman–Crippen LogP) is 5.64. The van der Waals surface area contributed by atoms with Crippen LogP contribution >= 0.6 is 7.60 Å². The topological polar surface area (TPSA) is 57.5 Å². The van der Waals surface area contributed by atoms with E-state index in [4.69, 9.17) is 0 Å². The van der Waals surface area contributed by atoms with Crippen LogP contribution in [0.1, 0.15) is 97.3 Å². The summed E-state index contributed by atoms with van der Waals surface area (Å²) >= 11 is 0. The molecule has 0 aromatic rings. The molecule has 126 valence electrons. The normalized spacial score (nSPS) is 13.0. The van der Waals surface area contributed by atoms with Gasteiger partial charge in [0, 0.05) is 40.8 Å². The Morgan fingerprint density at radius 2 is 1.05 bits per heavy atom. The molecule has 1 unspecified atom stereocenters. The average Bonchev–Trinajstić information content (AvgIpc) is 2.38. The van der Waals surface area contributed by atoms with Gasteiger partial charge in [-0.15, -0.1) is 0 Å². The smallest absolute Gasteiger partial charge is 0.324 e. The minimum atomic E-state index is -3.89. The van der Waals surface area contributed by atoms with Crippen molar-refractivity contribution < 1.29 is 55.2 Å². The minimum absolute atomic E-state index is 0. The Bertz CT molecular complexity index is 256. The van der Waals surface area contributed by atoms with Gasteiger partial charge in [0.15, 0.2) is 0 Å². The van der Waals surface area contributed by atoms with Crippen LogP contribution in [0.3, 0.4) is 0 Å². The van der Waals surface area contributed by atoms with Crippen molar-refractivity contribution >= 4 is 7.60 Å². The first kappa shape index (κ1) is 24.7. The van der Waals surface area contributed by atoms with Gasteiger partial charge in [-0.25, -0.2) is 0 Å². The molecular formula is C16H35NdO3P. The summed E-state index contributed by atoms with van der Waals surface area (Å²) in [5.41, 5.74) is -0.393. The first-order valence-corrected chi connectivity index (χ1v) is 10.3. The summed E-state index contributed by atoms with van der Waals surface area (Å²) in [5, 5.41) is 0. The molecule has 0 bridgehead atoms. The van der Waals surface area contributed by atoms with Gasteiger partial charge in [0.2, 0.25) is 0 Å². The van der Waals surface area contributed by atoms with E-state index < -0.39 is 13.3 Å². The van der Waals surface area contributed by atoms with Crippen molar-refractivity contribution in [2.45, 2.75) is 103 Å². The fraction of sp³-hybridized carbons (Fsp3) is 1.00. The Balaban J connectivity index is 0. The second-order valence-electron chi connectivity index (χ2n) is 6.00. The van der Waals surface area contributed by atoms with Crippen LogP contribution < -0.4 is 0 Å². The zero-order valence-corrected chi connectivity index (χ0v) is 18.1. The standard InChI is InChI=1S/C16H35O3P.Nd/c1-3-5-7-9-11-13-15-16(20(17,18)19)14-12-10-8-6-4-2;/h16H,3-15H2,1-2H3,(H2,17,18,19);. The molecule has 21 heavy (non-hydrogen) atoms. The molecule has 0 saturated carbocycles. The monoisotopic (exact) mass is 448 g/mol. The average molecular weight is 451 g/mol. The Morgan fingerprint density at radius 1 is 0.714 bits per heavy atom. The van der Waals surface area contributed by atoms with Crippen molar-refractivity contribution in [1.29, 1.82) is 0 Å². The van der Waals surface area contributed by atoms with Gasteiger partial charge in [-0.3, -0.25) is 4.57 Å². The van der Waals surface area contributed by atoms with E-state index in [9.17, 15) is 14.4 Å². The fourth-order valence-electron chi connectivity index (χ4n) is 2.62. The molecule has 0 aromatic heterocycles. The first-order chi connectivity index (χ1) is 9.52. The van der Waals surface area contributed by atoms with Gasteiger partial charge in [0.05, 0.1) is 5.66 Å². The van der Waals surface area contributed by atoms with Crippen LogP contribution in [0, 0.1) is 40.8 Å². The molecule has 0 aromatic carbocycles. The van der Waals surface area contributed by atoms with Crippen LogP contribution in [0.5, 0.6) is 0 Å². The molecule has 0 aliphatic carbocycles. The van der Waals surface area contributed by atoms with Crippen molar-refractivity contribution in [3.05, 3.63) is 0 Å². The maximum absolute atomic E-state index is 11.5. The van der Waals surface area contributed by atoms with Crippen molar-refractivity contribution in [1.82, 2.24) is 0 Å². The van der Waals surface area contributed by atoms with Gasteiger partial charge >= 0.3 is 7.60 Å². The van der Waals surface area contributed by atoms with Crippen LogP contribution in [0.15, 0.2) is 0 Å². The molecule has 0 heterocycles. The summed E-state index contributed by atoms with van der Waals surface area (Å²) in [6, 6.07) is 0. The summed E-state index contributed by atoms with van der Waals surface area (Å²) in [4.78, 5) is 18.9. The van der Waals surface area contributed by atoms with Gasteiger partial charge in [-0.05, 0) is 12.8 Å². The summed E-state index contributed by atoms with van der Waals surface area (Å²) in [7, 11) is -3.89. The van der Waals surface area contributed by atoms with Gasteiger partial charge < -0.3 is 9.79 Å². The van der Waals surface area contributed by atoms with Gasteiger partial charge in [-0.2, -0.15) is 0 Å². The zero-order valence-electron chi connectivity index (χ0n) is 14.0. The maximum atomic E-state index is 11.5. The van der Waals surface area contributed by atoms with Crippen LogP contribution in [0.25, 0.3) is 0 Å². The molecule has 2 N–H and O–H groups in total. The molecule has 0 amide bonds. The van der Waals surface area contributed by atoms with Gasteiger partial charge in [0.25, 0.3) is 0 Å². The van der Waals surface area contributed by atoms with Gasteiger partial charge in [0.1, 0.15) is 0 Å². The molecule has 0 aliphatic rings. The first-order valence-electron chi connectivity index (χ1n) is 8.57. The molecule has 0 aliphatic heterocycles. The van der Waals surface area contributed by atoms with Crippen LogP contribution in [0.4, 0.5) is 0 Å². The van der Waals surface area contributed by atoms with E-state index in [1.807, 2.05) is 0 Å². The second-order valence-corrected chi connectivity index (χ2v) is 7.91. The van der Waals surface area contributed by atoms with Gasteiger partial charge in [-0.1, -0.05) is 84.5 Å². The van der Waals surface area contributed by atoms with Crippen molar-refractivity contribution in [3.8, 4) is 0 Å². The number of rotatable bonds is 14. The quantitative estimate of drug-likeness (QED) is 0.266. The van der Waals surface area contributed by atoms with E-state index in [1.54, 1.807) is 0 Å². The fourth-order valence-corrected chi connectivity index (χ4v) is 3.66. The summed E-state index contributed by atoms with van der Waals surface area (Å²) < 4.78 is 11.5. The number of hydrogen-bond donors (Lipinski definition) is 2. The van der Waals surface area contributed by atoms with E-state index in [0.29, 0.717) is 12.8 Å². The molecular weight excluding hydrogens is 415 g/mol. The van der Waals surface area contributed by atoms with E-state index in [0.717, 1.165) is 25.7 Å². The third-order valence-corrected chi connectivity index (χ3v) is 5.48. The molecule has 0 rings (SSSR count). The zero-order chi connectivity index (χ0) is 15.3. The summed E-state index contributed by atoms with van der Waals surface area (Å²) in [6.07, 6.45) is 14.2. The van der Waals surface area contributed by atoms with Crippen LogP contribution in [0.2, 0.25) is 0 Å². The molecule has 1 atom stereocenters. The second kappa shape index (κ2) is 16.4. The molecule has 0 radical (unpaired) electrons. The molecule has 3 nitrogen and oxygen atoms in total. The third kappa shape index (κ3) is 16.1. The predicted molar refractivity (Wildman–Crippen MR) is 87.2 cm³/mol. The van der Waals surface area contributed by atoms with Crippen molar-refractivity contribution in [2.24, 2.45) is 0 Å². The largest absolute Gasteiger partial charge is 0.328 e. The third-order valence-electron chi connectivity index (χ3n) is 4.01. The molecule has 5 heteroatoms. The summed E-state index contributed by atoms with van der Waals surface area (Å²) in [6.45, 7) is 4.37. The Kier molecular flexibility index (Phi) is 19.3. The SMILES string of the molecule is CCCCCCCCC(CCCCCCC)P(=O)(O)O.[Nd]. The minimum Gasteiger partial charge on any atom is -0.324 e. The Morgan fingerprint density at radius 3 is 1.38 bits per heavy atom. The molecule has 0 saturated heterocycles.